The lowest BCUT2D eigenvalue weighted by Gasteiger charge is -2.16. The van der Waals surface area contributed by atoms with Gasteiger partial charge in [-0.05, 0) is 66.9 Å². The van der Waals surface area contributed by atoms with Crippen LogP contribution in [-0.4, -0.2) is 24.8 Å². The van der Waals surface area contributed by atoms with Crippen molar-refractivity contribution in [2.75, 3.05) is 0 Å². The van der Waals surface area contributed by atoms with Crippen LogP contribution in [0.4, 0.5) is 0 Å². The van der Waals surface area contributed by atoms with Gasteiger partial charge >= 0.3 is 5.69 Å². The summed E-state index contributed by atoms with van der Waals surface area (Å²) in [6.07, 6.45) is 0. The number of pyridine rings is 1. The Kier molecular flexibility index (Phi) is 5.42. The molecule has 4 rings (SSSR count). The van der Waals surface area contributed by atoms with Crippen LogP contribution in [0.5, 0.6) is 5.88 Å². The molecule has 4 aromatic rings. The van der Waals surface area contributed by atoms with E-state index in [-0.39, 0.29) is 12.3 Å². The highest BCUT2D eigenvalue weighted by atomic mass is 16.5. The highest BCUT2D eigenvalue weighted by Gasteiger charge is 2.15. The first kappa shape index (κ1) is 20.5. The summed E-state index contributed by atoms with van der Waals surface area (Å²) >= 11 is 0. The maximum Gasteiger partial charge on any atom is 0.368 e. The molecule has 0 spiro atoms. The Balaban J connectivity index is 1.67. The molecule has 0 aliphatic rings. The second-order valence-corrected chi connectivity index (χ2v) is 7.72. The van der Waals surface area contributed by atoms with Gasteiger partial charge in [-0.3, -0.25) is 0 Å². The van der Waals surface area contributed by atoms with Gasteiger partial charge in [0.15, 0.2) is 0 Å². The molecule has 0 aliphatic carbocycles. The zero-order valence-electron chi connectivity index (χ0n) is 18.4. The normalized spacial score (nSPS) is 11.0. The van der Waals surface area contributed by atoms with Crippen molar-refractivity contribution >= 4 is 0 Å². The number of aromatic nitrogens is 5. The number of aryl methyl sites for hydroxylation is 5. The van der Waals surface area contributed by atoms with Crippen LogP contribution in [0.2, 0.25) is 0 Å². The first-order valence-electron chi connectivity index (χ1n) is 10.1. The molecule has 7 nitrogen and oxygen atoms in total. The molecule has 0 fully saturated rings. The second kappa shape index (κ2) is 8.18. The maximum atomic E-state index is 12.4. The van der Waals surface area contributed by atoms with Gasteiger partial charge in [0.25, 0.3) is 0 Å². The maximum absolute atomic E-state index is 12.4. The third-order valence-electron chi connectivity index (χ3n) is 5.48. The Hall–Kier alpha value is -3.74. The summed E-state index contributed by atoms with van der Waals surface area (Å²) in [6.45, 7) is 8.34. The van der Waals surface area contributed by atoms with Crippen LogP contribution >= 0.6 is 0 Å². The molecule has 31 heavy (non-hydrogen) atoms. The second-order valence-electron chi connectivity index (χ2n) is 7.72. The monoisotopic (exact) mass is 415 g/mol. The van der Waals surface area contributed by atoms with E-state index in [9.17, 15) is 4.79 Å². The number of hydrogen-bond acceptors (Lipinski definition) is 5. The van der Waals surface area contributed by atoms with Gasteiger partial charge in [0, 0.05) is 29.4 Å². The summed E-state index contributed by atoms with van der Waals surface area (Å²) in [5.74, 6) is 0.579. The van der Waals surface area contributed by atoms with E-state index in [2.05, 4.69) is 35.5 Å². The molecule has 2 heterocycles. The fourth-order valence-corrected chi connectivity index (χ4v) is 3.66. The molecule has 2 aromatic heterocycles. The van der Waals surface area contributed by atoms with Crippen LogP contribution < -0.4 is 10.4 Å². The lowest BCUT2D eigenvalue weighted by molar-refractivity contribution is 0.290. The molecular formula is C24H25N5O2. The average molecular weight is 415 g/mol. The summed E-state index contributed by atoms with van der Waals surface area (Å²) in [7, 11) is 1.57. The first-order chi connectivity index (χ1) is 14.9. The molecule has 0 aliphatic heterocycles. The number of rotatable bonds is 5. The Morgan fingerprint density at radius 1 is 0.871 bits per heavy atom. The van der Waals surface area contributed by atoms with Crippen LogP contribution in [0, 0.1) is 27.7 Å². The minimum atomic E-state index is -0.306. The van der Waals surface area contributed by atoms with Crippen molar-refractivity contribution in [1.29, 1.82) is 0 Å². The van der Waals surface area contributed by atoms with Gasteiger partial charge in [-0.25, -0.2) is 9.78 Å². The fourth-order valence-electron chi connectivity index (χ4n) is 3.66. The van der Waals surface area contributed by atoms with Crippen LogP contribution in [0.1, 0.15) is 27.9 Å². The average Bonchev–Trinajstić information content (AvgIpc) is 3.08. The molecule has 0 saturated carbocycles. The van der Waals surface area contributed by atoms with Crippen molar-refractivity contribution in [3.8, 4) is 22.7 Å². The van der Waals surface area contributed by atoms with Gasteiger partial charge in [0.1, 0.15) is 6.61 Å². The summed E-state index contributed by atoms with van der Waals surface area (Å²) in [5.41, 5.74) is 7.56. The molecule has 0 saturated heterocycles. The number of nitrogens with zero attached hydrogens (tertiary/aromatic N) is 5. The minimum absolute atomic E-state index is 0.266. The number of benzene rings is 2. The molecule has 0 unspecified atom stereocenters. The Bertz CT molecular complexity index is 1320. The number of ether oxygens (including phenoxy) is 1. The molecule has 0 radical (unpaired) electrons. The first-order valence-corrected chi connectivity index (χ1v) is 10.1. The van der Waals surface area contributed by atoms with Crippen LogP contribution in [0.3, 0.4) is 0 Å². The van der Waals surface area contributed by atoms with E-state index < -0.39 is 0 Å². The van der Waals surface area contributed by atoms with Crippen molar-refractivity contribution in [1.82, 2.24) is 24.8 Å². The van der Waals surface area contributed by atoms with E-state index in [1.54, 1.807) is 7.05 Å². The van der Waals surface area contributed by atoms with E-state index in [0.29, 0.717) is 11.6 Å². The van der Waals surface area contributed by atoms with E-state index in [0.717, 1.165) is 27.9 Å². The Morgan fingerprint density at radius 2 is 1.61 bits per heavy atom. The van der Waals surface area contributed by atoms with E-state index in [1.165, 1.54) is 20.5 Å². The third kappa shape index (κ3) is 3.86. The predicted octanol–water partition coefficient (Wildman–Crippen LogP) is 3.84. The molecule has 2 aromatic carbocycles. The predicted molar refractivity (Wildman–Crippen MR) is 120 cm³/mol. The van der Waals surface area contributed by atoms with Crippen molar-refractivity contribution in [3.05, 3.63) is 87.0 Å². The van der Waals surface area contributed by atoms with E-state index in [4.69, 9.17) is 9.72 Å². The summed E-state index contributed by atoms with van der Waals surface area (Å²) in [4.78, 5) is 17.1. The van der Waals surface area contributed by atoms with E-state index in [1.807, 2.05) is 51.1 Å². The molecule has 7 heteroatoms. The molecular weight excluding hydrogens is 390 g/mol. The lowest BCUT2D eigenvalue weighted by atomic mass is 9.98. The third-order valence-corrected chi connectivity index (χ3v) is 5.48. The zero-order chi connectivity index (χ0) is 22.1. The summed E-state index contributed by atoms with van der Waals surface area (Å²) in [6, 6.07) is 16.1. The SMILES string of the molecule is Cc1ccccc1-c1cc(C)c(OCc2c(C)cccc2-n2nnn(C)c2=O)nc1C. The van der Waals surface area contributed by atoms with Gasteiger partial charge in [-0.1, -0.05) is 36.4 Å². The summed E-state index contributed by atoms with van der Waals surface area (Å²) in [5, 5.41) is 7.79. The molecule has 0 N–H and O–H groups in total. The molecule has 0 atom stereocenters. The molecule has 0 bridgehead atoms. The van der Waals surface area contributed by atoms with Crippen molar-refractivity contribution in [2.45, 2.75) is 34.3 Å². The summed E-state index contributed by atoms with van der Waals surface area (Å²) < 4.78 is 8.62. The van der Waals surface area contributed by atoms with Crippen molar-refractivity contribution in [3.63, 3.8) is 0 Å². The van der Waals surface area contributed by atoms with Crippen LogP contribution in [0.15, 0.2) is 53.3 Å². The topological polar surface area (TPSA) is 74.8 Å². The lowest BCUT2D eigenvalue weighted by Crippen LogP contribution is -2.23. The quantitative estimate of drug-likeness (QED) is 0.495. The minimum Gasteiger partial charge on any atom is -0.473 e. The smallest absolute Gasteiger partial charge is 0.368 e. The van der Waals surface area contributed by atoms with Crippen molar-refractivity contribution in [2.24, 2.45) is 7.05 Å². The number of hydrogen-bond donors (Lipinski definition) is 0. The van der Waals surface area contributed by atoms with Gasteiger partial charge in [0.2, 0.25) is 5.88 Å². The van der Waals surface area contributed by atoms with Gasteiger partial charge in [-0.2, -0.15) is 9.36 Å². The molecule has 158 valence electrons. The molecule has 0 amide bonds. The van der Waals surface area contributed by atoms with Crippen molar-refractivity contribution < 1.29 is 4.74 Å². The van der Waals surface area contributed by atoms with Gasteiger partial charge in [0.05, 0.1) is 5.69 Å². The Labute approximate surface area is 180 Å². The van der Waals surface area contributed by atoms with Gasteiger partial charge < -0.3 is 4.74 Å². The largest absolute Gasteiger partial charge is 0.473 e. The van der Waals surface area contributed by atoms with Crippen LogP contribution in [-0.2, 0) is 13.7 Å². The highest BCUT2D eigenvalue weighted by molar-refractivity contribution is 5.70. The van der Waals surface area contributed by atoms with Crippen LogP contribution in [0.25, 0.3) is 16.8 Å². The standard InChI is InChI=1S/C24H25N5O2/c1-15-9-6-7-11-19(15)20-13-17(3)23(25-18(20)4)31-14-21-16(2)10-8-12-22(21)29-24(30)28(5)26-27-29/h6-13H,14H2,1-5H3. The van der Waals surface area contributed by atoms with E-state index >= 15 is 0 Å². The number of tetrazole rings is 1. The Morgan fingerprint density at radius 3 is 2.32 bits per heavy atom. The van der Waals surface area contributed by atoms with Gasteiger partial charge in [-0.15, -0.1) is 0 Å². The highest BCUT2D eigenvalue weighted by Crippen LogP contribution is 2.30. The fraction of sp³-hybridized carbons (Fsp3) is 0.250. The zero-order valence-corrected chi connectivity index (χ0v) is 18.4.